The highest BCUT2D eigenvalue weighted by Gasteiger charge is 2.30. The van der Waals surface area contributed by atoms with Crippen molar-refractivity contribution in [3.8, 4) is 5.69 Å². The fourth-order valence-corrected chi connectivity index (χ4v) is 5.05. The van der Waals surface area contributed by atoms with E-state index in [0.29, 0.717) is 22.2 Å². The van der Waals surface area contributed by atoms with Crippen molar-refractivity contribution < 1.29 is 19.6 Å². The second-order valence-electron chi connectivity index (χ2n) is 9.26. The first-order valence-corrected chi connectivity index (χ1v) is 13.4. The number of nitrogens with zero attached hydrogens (tertiary/aromatic N) is 3. The quantitative estimate of drug-likeness (QED) is 0.245. The van der Waals surface area contributed by atoms with Crippen LogP contribution in [0.15, 0.2) is 70.3 Å². The number of aryl methyl sites for hydroxylation is 1. The Morgan fingerprint density at radius 3 is 2.25 bits per heavy atom. The van der Waals surface area contributed by atoms with E-state index in [1.165, 1.54) is 22.0 Å². The SMILES string of the molecule is CN(C)c1ccc2c(c1)c(=O)n(-c1ccc(C[C@H]([NH2+]C(=O)c3c(Cl)cccc3Cl)C(=O)OCCl)cc1)c(=O)n2C. The molecule has 1 atom stereocenters. The van der Waals surface area contributed by atoms with Crippen LogP contribution >= 0.6 is 34.8 Å². The van der Waals surface area contributed by atoms with Gasteiger partial charge in [0.25, 0.3) is 5.56 Å². The normalized spacial score (nSPS) is 11.8. The second-order valence-corrected chi connectivity index (χ2v) is 10.3. The van der Waals surface area contributed by atoms with E-state index < -0.39 is 29.2 Å². The topological polar surface area (TPSA) is 107 Å². The minimum absolute atomic E-state index is 0.0776. The molecule has 208 valence electrons. The van der Waals surface area contributed by atoms with Crippen LogP contribution in [-0.4, -0.2) is 47.2 Å². The molecule has 1 heterocycles. The van der Waals surface area contributed by atoms with Gasteiger partial charge in [0.05, 0.1) is 26.6 Å². The van der Waals surface area contributed by atoms with Crippen molar-refractivity contribution in [3.05, 3.63) is 103 Å². The van der Waals surface area contributed by atoms with E-state index >= 15 is 0 Å². The van der Waals surface area contributed by atoms with Crippen molar-refractivity contribution in [1.82, 2.24) is 9.13 Å². The molecule has 4 rings (SSSR count). The average molecular weight is 605 g/mol. The standard InChI is InChI=1S/C28H25Cl3N4O5/c1-33(2)18-11-12-23-19(14-18)26(37)35(28(39)34(23)3)17-9-7-16(8-10-17)13-22(27(38)40-15-29)32-25(36)24-20(30)5-4-6-21(24)31/h4-12,14,22H,13,15H2,1-3H3,(H,32,36)/p+1/t22-/m0/s1. The monoisotopic (exact) mass is 603 g/mol. The van der Waals surface area contributed by atoms with E-state index in [0.717, 1.165) is 10.3 Å². The summed E-state index contributed by atoms with van der Waals surface area (Å²) in [5, 5.41) is 1.90. The lowest BCUT2D eigenvalue weighted by molar-refractivity contribution is -0.582. The number of benzene rings is 3. The first-order valence-electron chi connectivity index (χ1n) is 12.1. The van der Waals surface area contributed by atoms with Gasteiger partial charge in [-0.2, -0.15) is 0 Å². The molecule has 9 nitrogen and oxygen atoms in total. The number of alkyl halides is 1. The van der Waals surface area contributed by atoms with E-state index in [1.807, 2.05) is 25.1 Å². The maximum atomic E-state index is 13.4. The predicted octanol–water partition coefficient (Wildman–Crippen LogP) is 3.12. The van der Waals surface area contributed by atoms with Crippen molar-refractivity contribution in [3.63, 3.8) is 0 Å². The first kappa shape index (κ1) is 29.4. The lowest BCUT2D eigenvalue weighted by atomic mass is 10.0. The summed E-state index contributed by atoms with van der Waals surface area (Å²) in [6.07, 6.45) is 0.0840. The molecule has 0 saturated carbocycles. The minimum atomic E-state index is -0.995. The molecule has 40 heavy (non-hydrogen) atoms. The molecule has 0 aliphatic rings. The number of aromatic nitrogens is 2. The molecule has 12 heteroatoms. The van der Waals surface area contributed by atoms with Gasteiger partial charge in [0.2, 0.25) is 0 Å². The Morgan fingerprint density at radius 2 is 1.65 bits per heavy atom. The molecular weight excluding hydrogens is 579 g/mol. The zero-order chi connectivity index (χ0) is 29.1. The zero-order valence-electron chi connectivity index (χ0n) is 21.9. The number of halogens is 3. The van der Waals surface area contributed by atoms with Gasteiger partial charge in [0, 0.05) is 33.3 Å². The lowest BCUT2D eigenvalue weighted by Gasteiger charge is -2.16. The second kappa shape index (κ2) is 12.3. The number of ether oxygens (including phenoxy) is 1. The summed E-state index contributed by atoms with van der Waals surface area (Å²) in [4.78, 5) is 54.0. The number of amides is 1. The summed E-state index contributed by atoms with van der Waals surface area (Å²) in [6, 6.07) is 15.2. The van der Waals surface area contributed by atoms with Crippen LogP contribution in [0.1, 0.15) is 15.9 Å². The van der Waals surface area contributed by atoms with Crippen molar-refractivity contribution in [2.24, 2.45) is 7.05 Å². The number of carbonyl (C=O) groups excluding carboxylic acids is 2. The number of hydrogen-bond donors (Lipinski definition) is 1. The van der Waals surface area contributed by atoms with Gasteiger partial charge in [-0.25, -0.2) is 19.0 Å². The number of rotatable bonds is 8. The summed E-state index contributed by atoms with van der Waals surface area (Å²) in [6.45, 7) is 0. The van der Waals surface area contributed by atoms with Crippen LogP contribution in [0.4, 0.5) is 5.69 Å². The summed E-state index contributed by atoms with van der Waals surface area (Å²) in [5.74, 6) is -1.24. The molecule has 0 bridgehead atoms. The van der Waals surface area contributed by atoms with Crippen LogP contribution in [0.25, 0.3) is 16.6 Å². The van der Waals surface area contributed by atoms with Gasteiger partial charge in [0.1, 0.15) is 5.56 Å². The van der Waals surface area contributed by atoms with Gasteiger partial charge in [0.15, 0.2) is 12.1 Å². The van der Waals surface area contributed by atoms with Gasteiger partial charge in [-0.3, -0.25) is 14.7 Å². The molecule has 1 aromatic heterocycles. The first-order chi connectivity index (χ1) is 19.0. The van der Waals surface area contributed by atoms with E-state index in [4.69, 9.17) is 39.5 Å². The van der Waals surface area contributed by atoms with Crippen molar-refractivity contribution in [1.29, 1.82) is 0 Å². The Balaban J connectivity index is 1.66. The molecule has 2 N–H and O–H groups in total. The number of nitrogens with two attached hydrogens (primary N) is 1. The number of carbonyl (C=O) groups is 2. The van der Waals surface area contributed by atoms with Crippen LogP contribution in [-0.2, 0) is 23.0 Å². The molecule has 0 radical (unpaired) electrons. The summed E-state index contributed by atoms with van der Waals surface area (Å²) in [5.41, 5.74) is 1.48. The molecule has 0 aliphatic carbocycles. The highest BCUT2D eigenvalue weighted by Crippen LogP contribution is 2.23. The number of anilines is 1. The summed E-state index contributed by atoms with van der Waals surface area (Å²) in [7, 11) is 5.34. The van der Waals surface area contributed by atoms with E-state index in [-0.39, 0.29) is 28.1 Å². The third-order valence-electron chi connectivity index (χ3n) is 6.48. The molecular formula is C28H26Cl3N4O5+. The zero-order valence-corrected chi connectivity index (χ0v) is 24.1. The van der Waals surface area contributed by atoms with Gasteiger partial charge >= 0.3 is 17.6 Å². The fourth-order valence-electron chi connectivity index (χ4n) is 4.36. The third kappa shape index (κ3) is 5.93. The summed E-state index contributed by atoms with van der Waals surface area (Å²) >= 11 is 17.9. The van der Waals surface area contributed by atoms with Gasteiger partial charge < -0.3 is 9.64 Å². The molecule has 4 aromatic rings. The molecule has 0 fully saturated rings. The molecule has 0 unspecified atom stereocenters. The van der Waals surface area contributed by atoms with E-state index in [2.05, 4.69) is 0 Å². The van der Waals surface area contributed by atoms with Gasteiger partial charge in [-0.05, 0) is 48.0 Å². The number of fused-ring (bicyclic) bond motifs is 1. The van der Waals surface area contributed by atoms with E-state index in [1.54, 1.807) is 49.5 Å². The lowest BCUT2D eigenvalue weighted by Crippen LogP contribution is -2.95. The van der Waals surface area contributed by atoms with Gasteiger partial charge in [-0.15, -0.1) is 0 Å². The van der Waals surface area contributed by atoms with E-state index in [9.17, 15) is 19.2 Å². The molecule has 0 aliphatic heterocycles. The average Bonchev–Trinajstić information content (AvgIpc) is 2.92. The Hall–Kier alpha value is -3.63. The number of esters is 1. The minimum Gasteiger partial charge on any atom is -0.445 e. The third-order valence-corrected chi connectivity index (χ3v) is 7.22. The molecule has 3 aromatic carbocycles. The predicted molar refractivity (Wildman–Crippen MR) is 156 cm³/mol. The number of hydrogen-bond acceptors (Lipinski definition) is 6. The number of primary amides is 1. The largest absolute Gasteiger partial charge is 0.445 e. The van der Waals surface area contributed by atoms with Crippen LogP contribution in [0.5, 0.6) is 0 Å². The Kier molecular flexibility index (Phi) is 9.00. The Morgan fingerprint density at radius 1 is 1.00 bits per heavy atom. The van der Waals surface area contributed by atoms with Crippen LogP contribution in [0.3, 0.4) is 0 Å². The van der Waals surface area contributed by atoms with Gasteiger partial charge in [-0.1, -0.05) is 53.0 Å². The molecule has 0 spiro atoms. The van der Waals surface area contributed by atoms with Crippen molar-refractivity contribution in [2.75, 3.05) is 25.1 Å². The Bertz CT molecular complexity index is 1690. The summed E-state index contributed by atoms with van der Waals surface area (Å²) < 4.78 is 7.48. The highest BCUT2D eigenvalue weighted by molar-refractivity contribution is 6.39. The Labute approximate surface area is 244 Å². The van der Waals surface area contributed by atoms with Crippen LogP contribution in [0.2, 0.25) is 10.0 Å². The van der Waals surface area contributed by atoms with Crippen molar-refractivity contribution in [2.45, 2.75) is 12.5 Å². The van der Waals surface area contributed by atoms with Crippen LogP contribution in [0, 0.1) is 0 Å². The van der Waals surface area contributed by atoms with Crippen LogP contribution < -0.4 is 21.5 Å². The molecule has 0 saturated heterocycles. The number of quaternary nitrogens is 1. The van der Waals surface area contributed by atoms with Crippen molar-refractivity contribution >= 4 is 63.3 Å². The highest BCUT2D eigenvalue weighted by atomic mass is 35.5. The fraction of sp³-hybridized carbons (Fsp3) is 0.214. The molecule has 1 amide bonds. The maximum absolute atomic E-state index is 13.4. The smallest absolute Gasteiger partial charge is 0.366 e. The maximum Gasteiger partial charge on any atom is 0.366 e.